The molecule has 1 aliphatic rings. The van der Waals surface area contributed by atoms with Crippen molar-refractivity contribution < 1.29 is 4.92 Å². The van der Waals surface area contributed by atoms with Crippen LogP contribution < -0.4 is 4.90 Å². The van der Waals surface area contributed by atoms with Crippen LogP contribution >= 0.6 is 15.9 Å². The second kappa shape index (κ2) is 5.65. The highest BCUT2D eigenvalue weighted by Crippen LogP contribution is 2.32. The lowest BCUT2D eigenvalue weighted by Crippen LogP contribution is -2.33. The molecule has 6 heteroatoms. The zero-order chi connectivity index (χ0) is 13.1. The van der Waals surface area contributed by atoms with Gasteiger partial charge in [0.1, 0.15) is 0 Å². The van der Waals surface area contributed by atoms with Crippen LogP contribution in [0.3, 0.4) is 0 Å². The van der Waals surface area contributed by atoms with Gasteiger partial charge in [-0.05, 0) is 35.7 Å². The zero-order valence-electron chi connectivity index (χ0n) is 10.3. The van der Waals surface area contributed by atoms with Crippen LogP contribution in [0.5, 0.6) is 0 Å². The number of hydrogen-bond acceptors (Lipinski definition) is 4. The van der Waals surface area contributed by atoms with Gasteiger partial charge in [-0.1, -0.05) is 12.8 Å². The van der Waals surface area contributed by atoms with Crippen molar-refractivity contribution in [2.45, 2.75) is 38.6 Å². The highest BCUT2D eigenvalue weighted by Gasteiger charge is 2.26. The fraction of sp³-hybridized carbons (Fsp3) is 0.583. The Bertz CT molecular complexity index is 453. The Kier molecular flexibility index (Phi) is 4.16. The maximum atomic E-state index is 11.1. The quantitative estimate of drug-likeness (QED) is 0.619. The molecular formula is C12H16BrN3O2. The predicted octanol–water partition coefficient (Wildman–Crippen LogP) is 3.52. The summed E-state index contributed by atoms with van der Waals surface area (Å²) in [6.07, 6.45) is 6.13. The van der Waals surface area contributed by atoms with Crippen molar-refractivity contribution in [3.8, 4) is 0 Å². The average Bonchev–Trinajstić information content (AvgIpc) is 2.54. The topological polar surface area (TPSA) is 59.3 Å². The first-order valence-electron chi connectivity index (χ1n) is 6.16. The van der Waals surface area contributed by atoms with Gasteiger partial charge >= 0.3 is 5.69 Å². The summed E-state index contributed by atoms with van der Waals surface area (Å²) in [6.45, 7) is 2.95. The third-order valence-corrected chi connectivity index (χ3v) is 3.77. The zero-order valence-corrected chi connectivity index (χ0v) is 11.9. The van der Waals surface area contributed by atoms with Gasteiger partial charge in [0.05, 0.1) is 4.92 Å². The first kappa shape index (κ1) is 13.3. The minimum absolute atomic E-state index is 0.0816. The van der Waals surface area contributed by atoms with Crippen LogP contribution in [0.4, 0.5) is 11.5 Å². The van der Waals surface area contributed by atoms with Gasteiger partial charge in [0, 0.05) is 29.3 Å². The van der Waals surface area contributed by atoms with E-state index in [0.717, 1.165) is 19.4 Å². The molecule has 5 nitrogen and oxygen atoms in total. The third-order valence-electron chi connectivity index (χ3n) is 3.34. The summed E-state index contributed by atoms with van der Waals surface area (Å²) in [7, 11) is 0. The number of pyridine rings is 1. The van der Waals surface area contributed by atoms with E-state index in [-0.39, 0.29) is 10.6 Å². The fourth-order valence-electron chi connectivity index (χ4n) is 2.37. The van der Waals surface area contributed by atoms with Gasteiger partial charge in [-0.25, -0.2) is 4.98 Å². The molecule has 18 heavy (non-hydrogen) atoms. The molecular weight excluding hydrogens is 298 g/mol. The molecule has 0 radical (unpaired) electrons. The van der Waals surface area contributed by atoms with Gasteiger partial charge < -0.3 is 4.90 Å². The van der Waals surface area contributed by atoms with Crippen LogP contribution in [0.25, 0.3) is 0 Å². The molecule has 2 rings (SSSR count). The van der Waals surface area contributed by atoms with E-state index in [9.17, 15) is 10.1 Å². The standard InChI is InChI=1S/C12H16BrN3O2/c1-9-5-3-2-4-6-15(9)12-11(16(17)18)7-10(13)8-14-12/h7-9H,2-6H2,1H3. The van der Waals surface area contributed by atoms with E-state index in [1.54, 1.807) is 6.20 Å². The van der Waals surface area contributed by atoms with E-state index in [1.807, 2.05) is 0 Å². The Morgan fingerprint density at radius 2 is 2.28 bits per heavy atom. The Morgan fingerprint density at radius 3 is 3.00 bits per heavy atom. The first-order chi connectivity index (χ1) is 8.59. The van der Waals surface area contributed by atoms with Crippen LogP contribution in [0.1, 0.15) is 32.6 Å². The van der Waals surface area contributed by atoms with E-state index < -0.39 is 0 Å². The number of nitrogens with zero attached hydrogens (tertiary/aromatic N) is 3. The summed E-state index contributed by atoms with van der Waals surface area (Å²) in [5, 5.41) is 11.1. The average molecular weight is 314 g/mol. The monoisotopic (exact) mass is 313 g/mol. The summed E-state index contributed by atoms with van der Waals surface area (Å²) >= 11 is 3.23. The van der Waals surface area contributed by atoms with E-state index in [4.69, 9.17) is 0 Å². The summed E-state index contributed by atoms with van der Waals surface area (Å²) in [4.78, 5) is 17.1. The number of hydrogen-bond donors (Lipinski definition) is 0. The smallest absolute Gasteiger partial charge is 0.312 e. The fourth-order valence-corrected chi connectivity index (χ4v) is 2.69. The molecule has 0 N–H and O–H groups in total. The van der Waals surface area contributed by atoms with Crippen molar-refractivity contribution >= 4 is 27.4 Å². The Hall–Kier alpha value is -1.17. The highest BCUT2D eigenvalue weighted by molar-refractivity contribution is 9.10. The highest BCUT2D eigenvalue weighted by atomic mass is 79.9. The van der Waals surface area contributed by atoms with Gasteiger partial charge in [-0.3, -0.25) is 10.1 Å². The van der Waals surface area contributed by atoms with Crippen LogP contribution in [-0.4, -0.2) is 22.5 Å². The third kappa shape index (κ3) is 2.80. The SMILES string of the molecule is CC1CCCCCN1c1ncc(Br)cc1[N+](=O)[O-]. The minimum atomic E-state index is -0.356. The molecule has 1 fully saturated rings. The van der Waals surface area contributed by atoms with Crippen LogP contribution in [-0.2, 0) is 0 Å². The lowest BCUT2D eigenvalue weighted by molar-refractivity contribution is -0.384. The normalized spacial score (nSPS) is 20.6. The van der Waals surface area contributed by atoms with E-state index in [2.05, 4.69) is 32.7 Å². The molecule has 98 valence electrons. The molecule has 1 aromatic heterocycles. The molecule has 0 saturated carbocycles. The summed E-state index contributed by atoms with van der Waals surface area (Å²) in [5.41, 5.74) is 0.0816. The van der Waals surface area contributed by atoms with Crippen molar-refractivity contribution in [3.05, 3.63) is 26.9 Å². The van der Waals surface area contributed by atoms with Crippen molar-refractivity contribution in [1.82, 2.24) is 4.98 Å². The predicted molar refractivity (Wildman–Crippen MR) is 73.9 cm³/mol. The Labute approximate surface area is 114 Å². The van der Waals surface area contributed by atoms with Gasteiger partial charge in [0.25, 0.3) is 0 Å². The first-order valence-corrected chi connectivity index (χ1v) is 6.95. The lowest BCUT2D eigenvalue weighted by atomic mass is 10.1. The van der Waals surface area contributed by atoms with E-state index in [0.29, 0.717) is 16.3 Å². The summed E-state index contributed by atoms with van der Waals surface area (Å²) in [5.74, 6) is 0.498. The maximum Gasteiger partial charge on any atom is 0.312 e. The van der Waals surface area contributed by atoms with E-state index >= 15 is 0 Å². The number of halogens is 1. The molecule has 1 aromatic rings. The van der Waals surface area contributed by atoms with Crippen molar-refractivity contribution in [1.29, 1.82) is 0 Å². The van der Waals surface area contributed by atoms with Crippen molar-refractivity contribution in [3.63, 3.8) is 0 Å². The van der Waals surface area contributed by atoms with Gasteiger partial charge in [-0.2, -0.15) is 0 Å². The Balaban J connectivity index is 2.39. The molecule has 1 unspecified atom stereocenters. The Morgan fingerprint density at radius 1 is 1.50 bits per heavy atom. The minimum Gasteiger partial charge on any atom is -0.348 e. The molecule has 1 atom stereocenters. The van der Waals surface area contributed by atoms with Gasteiger partial charge in [0.2, 0.25) is 5.82 Å². The molecule has 0 spiro atoms. The summed E-state index contributed by atoms with van der Waals surface area (Å²) in [6, 6.07) is 1.83. The van der Waals surface area contributed by atoms with Crippen molar-refractivity contribution in [2.75, 3.05) is 11.4 Å². The number of rotatable bonds is 2. The van der Waals surface area contributed by atoms with Crippen LogP contribution in [0.15, 0.2) is 16.7 Å². The van der Waals surface area contributed by atoms with E-state index in [1.165, 1.54) is 18.9 Å². The van der Waals surface area contributed by atoms with Crippen molar-refractivity contribution in [2.24, 2.45) is 0 Å². The maximum absolute atomic E-state index is 11.1. The largest absolute Gasteiger partial charge is 0.348 e. The molecule has 2 heterocycles. The lowest BCUT2D eigenvalue weighted by Gasteiger charge is -2.27. The number of aromatic nitrogens is 1. The second-order valence-corrected chi connectivity index (χ2v) is 5.56. The molecule has 1 aliphatic heterocycles. The molecule has 0 amide bonds. The number of nitro groups is 1. The molecule has 1 saturated heterocycles. The van der Waals surface area contributed by atoms with Gasteiger partial charge in [0.15, 0.2) is 0 Å². The van der Waals surface area contributed by atoms with Crippen LogP contribution in [0.2, 0.25) is 0 Å². The second-order valence-electron chi connectivity index (χ2n) is 4.65. The van der Waals surface area contributed by atoms with Gasteiger partial charge in [-0.15, -0.1) is 0 Å². The van der Waals surface area contributed by atoms with Crippen LogP contribution in [0, 0.1) is 10.1 Å². The molecule has 0 aliphatic carbocycles. The molecule has 0 bridgehead atoms. The molecule has 0 aromatic carbocycles. The summed E-state index contributed by atoms with van der Waals surface area (Å²) < 4.78 is 0.639. The number of anilines is 1.